The van der Waals surface area contributed by atoms with Crippen LogP contribution < -0.4 is 4.74 Å². The zero-order chi connectivity index (χ0) is 11.8. The molecule has 0 fully saturated rings. The molecule has 0 radical (unpaired) electrons. The number of hydrogen-bond donors (Lipinski definition) is 0. The molecule has 1 aromatic rings. The largest absolute Gasteiger partial charge is 0.486 e. The molecule has 16 heavy (non-hydrogen) atoms. The summed E-state index contributed by atoms with van der Waals surface area (Å²) in [5.74, 6) is 0.841. The molecule has 1 aromatic carbocycles. The van der Waals surface area contributed by atoms with Gasteiger partial charge in [-0.3, -0.25) is 4.99 Å². The van der Waals surface area contributed by atoms with Gasteiger partial charge in [0.25, 0.3) is 0 Å². The van der Waals surface area contributed by atoms with E-state index in [9.17, 15) is 0 Å². The van der Waals surface area contributed by atoms with Gasteiger partial charge in [0, 0.05) is 7.05 Å². The molecule has 0 aliphatic rings. The van der Waals surface area contributed by atoms with Gasteiger partial charge >= 0.3 is 0 Å². The molecule has 0 heterocycles. The van der Waals surface area contributed by atoms with E-state index in [1.807, 2.05) is 30.3 Å². The van der Waals surface area contributed by atoms with Gasteiger partial charge in [0.2, 0.25) is 0 Å². The highest BCUT2D eigenvalue weighted by atomic mass is 79.9. The summed E-state index contributed by atoms with van der Waals surface area (Å²) in [6.07, 6.45) is 5.08. The third-order valence-electron chi connectivity index (χ3n) is 2.05. The molecule has 0 atom stereocenters. The van der Waals surface area contributed by atoms with E-state index in [4.69, 9.17) is 4.74 Å². The molecule has 0 saturated carbocycles. The summed E-state index contributed by atoms with van der Waals surface area (Å²) in [5.41, 5.74) is 0.942. The normalized spacial score (nSPS) is 12.1. The van der Waals surface area contributed by atoms with E-state index < -0.39 is 0 Å². The van der Waals surface area contributed by atoms with Crippen LogP contribution in [0.3, 0.4) is 0 Å². The van der Waals surface area contributed by atoms with Crippen LogP contribution in [0, 0.1) is 0 Å². The molecule has 0 N–H and O–H groups in total. The van der Waals surface area contributed by atoms with Crippen molar-refractivity contribution >= 4 is 21.6 Å². The molecule has 86 valence electrons. The lowest BCUT2D eigenvalue weighted by atomic mass is 10.3. The molecule has 0 bridgehead atoms. The quantitative estimate of drug-likeness (QED) is 0.751. The van der Waals surface area contributed by atoms with E-state index in [1.165, 1.54) is 0 Å². The van der Waals surface area contributed by atoms with Gasteiger partial charge in [0.15, 0.2) is 0 Å². The molecular formula is C13H16BrNO. The highest BCUT2D eigenvalue weighted by Gasteiger charge is 2.00. The van der Waals surface area contributed by atoms with Crippen molar-refractivity contribution in [1.82, 2.24) is 0 Å². The Morgan fingerprint density at radius 1 is 1.44 bits per heavy atom. The number of para-hydroxylation sites is 1. The minimum Gasteiger partial charge on any atom is -0.486 e. The minimum atomic E-state index is 0.496. The maximum absolute atomic E-state index is 5.66. The Labute approximate surface area is 105 Å². The molecule has 1 rings (SSSR count). The van der Waals surface area contributed by atoms with Crippen LogP contribution in [0.1, 0.15) is 13.3 Å². The summed E-state index contributed by atoms with van der Waals surface area (Å²) in [5, 5.41) is 0. The summed E-state index contributed by atoms with van der Waals surface area (Å²) in [4.78, 5) is 4.16. The van der Waals surface area contributed by atoms with Crippen LogP contribution in [0.15, 0.2) is 45.9 Å². The van der Waals surface area contributed by atoms with Crippen LogP contribution in [-0.4, -0.2) is 19.4 Å². The van der Waals surface area contributed by atoms with Gasteiger partial charge in [0.05, 0.1) is 10.2 Å². The second-order valence-electron chi connectivity index (χ2n) is 3.24. The molecule has 0 unspecified atom stereocenters. The van der Waals surface area contributed by atoms with E-state index in [-0.39, 0.29) is 0 Å². The number of ether oxygens (including phenoxy) is 1. The first kappa shape index (κ1) is 13.0. The molecule has 0 aliphatic carbocycles. The van der Waals surface area contributed by atoms with Crippen LogP contribution in [0.25, 0.3) is 0 Å². The van der Waals surface area contributed by atoms with E-state index in [2.05, 4.69) is 33.9 Å². The second kappa shape index (κ2) is 7.23. The fourth-order valence-corrected chi connectivity index (χ4v) is 1.55. The molecule has 0 aliphatic heterocycles. The van der Waals surface area contributed by atoms with E-state index >= 15 is 0 Å². The molecule has 2 nitrogen and oxygen atoms in total. The van der Waals surface area contributed by atoms with Crippen molar-refractivity contribution < 1.29 is 4.74 Å². The minimum absolute atomic E-state index is 0.496. The number of aliphatic imine (C=N–C) groups is 1. The maximum Gasteiger partial charge on any atom is 0.134 e. The van der Waals surface area contributed by atoms with E-state index in [0.717, 1.165) is 22.4 Å². The SMILES string of the molecule is CC/C=C\C(COc1ccccc1Br)=NC. The van der Waals surface area contributed by atoms with Crippen molar-refractivity contribution in [3.05, 3.63) is 40.9 Å². The number of hydrogen-bond acceptors (Lipinski definition) is 2. The zero-order valence-electron chi connectivity index (χ0n) is 9.61. The average molecular weight is 282 g/mol. The predicted octanol–water partition coefficient (Wildman–Crippen LogP) is 3.86. The van der Waals surface area contributed by atoms with Crippen molar-refractivity contribution in [3.8, 4) is 5.75 Å². The fourth-order valence-electron chi connectivity index (χ4n) is 1.15. The van der Waals surface area contributed by atoms with Gasteiger partial charge in [-0.25, -0.2) is 0 Å². The van der Waals surface area contributed by atoms with E-state index in [1.54, 1.807) is 7.05 Å². The monoisotopic (exact) mass is 281 g/mol. The molecule has 3 heteroatoms. The van der Waals surface area contributed by atoms with Crippen LogP contribution in [0.5, 0.6) is 5.75 Å². The summed E-state index contributed by atoms with van der Waals surface area (Å²) in [6, 6.07) is 7.80. The Bertz CT molecular complexity index is 385. The van der Waals surface area contributed by atoms with Crippen molar-refractivity contribution in [2.45, 2.75) is 13.3 Å². The fraction of sp³-hybridized carbons (Fsp3) is 0.308. The lowest BCUT2D eigenvalue weighted by Crippen LogP contribution is -2.09. The predicted molar refractivity (Wildman–Crippen MR) is 72.4 cm³/mol. The van der Waals surface area contributed by atoms with Crippen LogP contribution in [0.4, 0.5) is 0 Å². The molecule has 0 spiro atoms. The van der Waals surface area contributed by atoms with Crippen molar-refractivity contribution in [3.63, 3.8) is 0 Å². The summed E-state index contributed by atoms with van der Waals surface area (Å²) < 4.78 is 6.62. The third-order valence-corrected chi connectivity index (χ3v) is 2.70. The topological polar surface area (TPSA) is 21.6 Å². The number of nitrogens with zero attached hydrogens (tertiary/aromatic N) is 1. The molecule has 0 saturated heterocycles. The first-order valence-electron chi connectivity index (χ1n) is 5.27. The van der Waals surface area contributed by atoms with Crippen molar-refractivity contribution in [2.24, 2.45) is 4.99 Å². The molecule has 0 amide bonds. The lowest BCUT2D eigenvalue weighted by molar-refractivity contribution is 0.375. The highest BCUT2D eigenvalue weighted by molar-refractivity contribution is 9.10. The Hall–Kier alpha value is -1.09. The standard InChI is InChI=1S/C13H16BrNO/c1-3-4-7-11(15-2)10-16-13-9-6-5-8-12(13)14/h4-9H,3,10H2,1-2H3/b7-4-,15-11?. The number of allylic oxidation sites excluding steroid dienone is 1. The average Bonchev–Trinajstić information content (AvgIpc) is 2.31. The summed E-state index contributed by atoms with van der Waals surface area (Å²) in [6.45, 7) is 2.59. The van der Waals surface area contributed by atoms with Crippen LogP contribution >= 0.6 is 15.9 Å². The third kappa shape index (κ3) is 4.19. The van der Waals surface area contributed by atoms with Gasteiger partial charge in [-0.05, 0) is 40.6 Å². The lowest BCUT2D eigenvalue weighted by Gasteiger charge is -2.07. The number of halogens is 1. The number of benzene rings is 1. The smallest absolute Gasteiger partial charge is 0.134 e. The van der Waals surface area contributed by atoms with Gasteiger partial charge in [-0.15, -0.1) is 0 Å². The Kier molecular flexibility index (Phi) is 5.86. The second-order valence-corrected chi connectivity index (χ2v) is 4.10. The summed E-state index contributed by atoms with van der Waals surface area (Å²) >= 11 is 3.44. The van der Waals surface area contributed by atoms with Gasteiger partial charge in [0.1, 0.15) is 12.4 Å². The number of rotatable bonds is 5. The maximum atomic E-state index is 5.66. The summed E-state index contributed by atoms with van der Waals surface area (Å²) in [7, 11) is 1.78. The van der Waals surface area contributed by atoms with Gasteiger partial charge < -0.3 is 4.74 Å². The van der Waals surface area contributed by atoms with Gasteiger partial charge in [-0.1, -0.05) is 25.1 Å². The van der Waals surface area contributed by atoms with Crippen LogP contribution in [-0.2, 0) is 0 Å². The Balaban J connectivity index is 2.57. The first-order chi connectivity index (χ1) is 7.77. The zero-order valence-corrected chi connectivity index (χ0v) is 11.2. The van der Waals surface area contributed by atoms with Crippen molar-refractivity contribution in [2.75, 3.05) is 13.7 Å². The Morgan fingerprint density at radius 2 is 2.19 bits per heavy atom. The Morgan fingerprint density at radius 3 is 2.81 bits per heavy atom. The molecular weight excluding hydrogens is 266 g/mol. The van der Waals surface area contributed by atoms with E-state index in [0.29, 0.717) is 6.61 Å². The highest BCUT2D eigenvalue weighted by Crippen LogP contribution is 2.23. The van der Waals surface area contributed by atoms with Crippen molar-refractivity contribution in [1.29, 1.82) is 0 Å². The molecule has 0 aromatic heterocycles. The first-order valence-corrected chi connectivity index (χ1v) is 6.06. The van der Waals surface area contributed by atoms with Gasteiger partial charge in [-0.2, -0.15) is 0 Å². The van der Waals surface area contributed by atoms with Crippen LogP contribution in [0.2, 0.25) is 0 Å².